The fourth-order valence-electron chi connectivity index (χ4n) is 1.76. The van der Waals surface area contributed by atoms with Crippen LogP contribution in [0.5, 0.6) is 11.5 Å². The van der Waals surface area contributed by atoms with Crippen molar-refractivity contribution in [2.75, 3.05) is 7.11 Å². The minimum atomic E-state index is -4.76. The summed E-state index contributed by atoms with van der Waals surface area (Å²) in [6.07, 6.45) is -4.76. The number of hydrogen-bond donors (Lipinski definition) is 0. The summed E-state index contributed by atoms with van der Waals surface area (Å²) >= 11 is 0. The van der Waals surface area contributed by atoms with Crippen molar-refractivity contribution in [2.45, 2.75) is 6.36 Å². The molecule has 20 heavy (non-hydrogen) atoms. The van der Waals surface area contributed by atoms with Crippen LogP contribution in [-0.2, 0) is 0 Å². The van der Waals surface area contributed by atoms with Gasteiger partial charge in [-0.05, 0) is 29.8 Å². The first-order chi connectivity index (χ1) is 9.39. The Morgan fingerprint density at radius 3 is 2.40 bits per heavy atom. The van der Waals surface area contributed by atoms with Gasteiger partial charge < -0.3 is 9.47 Å². The molecule has 2 rings (SSSR count). The molecule has 0 aliphatic carbocycles. The molecule has 2 aromatic carbocycles. The van der Waals surface area contributed by atoms with E-state index in [0.717, 1.165) is 6.07 Å². The topological polar surface area (TPSA) is 18.5 Å². The fourth-order valence-corrected chi connectivity index (χ4v) is 1.76. The Labute approximate surface area is 112 Å². The Balaban J connectivity index is 2.41. The summed E-state index contributed by atoms with van der Waals surface area (Å²) in [6.45, 7) is 0. The average Bonchev–Trinajstić information content (AvgIpc) is 2.36. The molecule has 0 saturated carbocycles. The highest BCUT2D eigenvalue weighted by Crippen LogP contribution is 2.33. The van der Waals surface area contributed by atoms with Gasteiger partial charge in [0.1, 0.15) is 17.3 Å². The van der Waals surface area contributed by atoms with Crippen LogP contribution in [0, 0.1) is 5.82 Å². The molecule has 0 aliphatic rings. The van der Waals surface area contributed by atoms with Gasteiger partial charge in [-0.25, -0.2) is 4.39 Å². The Morgan fingerprint density at radius 1 is 1.00 bits per heavy atom. The number of alkyl halides is 3. The van der Waals surface area contributed by atoms with Gasteiger partial charge in [0.15, 0.2) is 0 Å². The van der Waals surface area contributed by atoms with Crippen LogP contribution in [0.25, 0.3) is 11.1 Å². The molecule has 0 aliphatic heterocycles. The Morgan fingerprint density at radius 2 is 1.75 bits per heavy atom. The second kappa shape index (κ2) is 5.40. The lowest BCUT2D eigenvalue weighted by atomic mass is 10.0. The molecular formula is C14H10F4O2. The van der Waals surface area contributed by atoms with E-state index in [2.05, 4.69) is 4.74 Å². The van der Waals surface area contributed by atoms with Gasteiger partial charge in [0.05, 0.1) is 7.11 Å². The summed E-state index contributed by atoms with van der Waals surface area (Å²) in [7, 11) is 1.36. The van der Waals surface area contributed by atoms with Crippen molar-refractivity contribution < 1.29 is 27.0 Å². The normalized spacial score (nSPS) is 11.2. The maximum atomic E-state index is 13.1. The quantitative estimate of drug-likeness (QED) is 0.779. The molecule has 0 unspecified atom stereocenters. The van der Waals surface area contributed by atoms with E-state index < -0.39 is 12.2 Å². The standard InChI is InChI=1S/C14H10F4O2/c1-19-13-8-10(15)5-6-12(13)9-3-2-4-11(7-9)20-14(16,17)18/h2-8H,1H3. The monoisotopic (exact) mass is 286 g/mol. The summed E-state index contributed by atoms with van der Waals surface area (Å²) in [5.74, 6) is -0.608. The van der Waals surface area contributed by atoms with Crippen LogP contribution in [0.2, 0.25) is 0 Å². The van der Waals surface area contributed by atoms with E-state index in [0.29, 0.717) is 11.1 Å². The van der Waals surface area contributed by atoms with Crippen LogP contribution in [0.4, 0.5) is 17.6 Å². The van der Waals surface area contributed by atoms with Gasteiger partial charge in [-0.15, -0.1) is 13.2 Å². The highest BCUT2D eigenvalue weighted by atomic mass is 19.4. The third kappa shape index (κ3) is 3.40. The van der Waals surface area contributed by atoms with E-state index in [1.165, 1.54) is 37.4 Å². The Hall–Kier alpha value is -2.24. The Kier molecular flexibility index (Phi) is 3.83. The lowest BCUT2D eigenvalue weighted by molar-refractivity contribution is -0.274. The molecule has 0 radical (unpaired) electrons. The molecule has 2 aromatic rings. The van der Waals surface area contributed by atoms with E-state index in [1.54, 1.807) is 6.07 Å². The summed E-state index contributed by atoms with van der Waals surface area (Å²) in [6, 6.07) is 9.19. The van der Waals surface area contributed by atoms with Gasteiger partial charge in [-0.2, -0.15) is 0 Å². The lowest BCUT2D eigenvalue weighted by Gasteiger charge is -2.12. The van der Waals surface area contributed by atoms with Crippen molar-refractivity contribution >= 4 is 0 Å². The van der Waals surface area contributed by atoms with Crippen molar-refractivity contribution in [3.63, 3.8) is 0 Å². The molecular weight excluding hydrogens is 276 g/mol. The molecule has 0 saturated heterocycles. The second-order valence-corrected chi connectivity index (χ2v) is 3.92. The predicted octanol–water partition coefficient (Wildman–Crippen LogP) is 4.40. The van der Waals surface area contributed by atoms with Gasteiger partial charge in [-0.3, -0.25) is 0 Å². The molecule has 0 bridgehead atoms. The fraction of sp³-hybridized carbons (Fsp3) is 0.143. The van der Waals surface area contributed by atoms with E-state index in [1.807, 2.05) is 0 Å². The minimum absolute atomic E-state index is 0.231. The zero-order valence-corrected chi connectivity index (χ0v) is 10.4. The van der Waals surface area contributed by atoms with Crippen molar-refractivity contribution in [1.82, 2.24) is 0 Å². The van der Waals surface area contributed by atoms with E-state index >= 15 is 0 Å². The van der Waals surface area contributed by atoms with E-state index in [9.17, 15) is 17.6 Å². The Bertz CT molecular complexity index is 608. The highest BCUT2D eigenvalue weighted by molar-refractivity contribution is 5.71. The van der Waals surface area contributed by atoms with Crippen LogP contribution in [0.1, 0.15) is 0 Å². The average molecular weight is 286 g/mol. The number of benzene rings is 2. The zero-order chi connectivity index (χ0) is 14.8. The molecule has 6 heteroatoms. The molecule has 0 aromatic heterocycles. The largest absolute Gasteiger partial charge is 0.573 e. The van der Waals surface area contributed by atoms with E-state index in [-0.39, 0.29) is 11.5 Å². The zero-order valence-electron chi connectivity index (χ0n) is 10.4. The number of rotatable bonds is 3. The number of halogens is 4. The molecule has 0 atom stereocenters. The molecule has 106 valence electrons. The minimum Gasteiger partial charge on any atom is -0.496 e. The third-order valence-corrected chi connectivity index (χ3v) is 2.54. The van der Waals surface area contributed by atoms with Gasteiger partial charge in [0.2, 0.25) is 0 Å². The predicted molar refractivity (Wildman–Crippen MR) is 65.1 cm³/mol. The van der Waals surface area contributed by atoms with Crippen molar-refractivity contribution in [1.29, 1.82) is 0 Å². The van der Waals surface area contributed by atoms with Crippen LogP contribution in [0.3, 0.4) is 0 Å². The number of hydrogen-bond acceptors (Lipinski definition) is 2. The summed E-state index contributed by atoms with van der Waals surface area (Å²) < 4.78 is 58.5. The van der Waals surface area contributed by atoms with Gasteiger partial charge in [0.25, 0.3) is 0 Å². The van der Waals surface area contributed by atoms with Crippen LogP contribution in [-0.4, -0.2) is 13.5 Å². The van der Waals surface area contributed by atoms with Gasteiger partial charge >= 0.3 is 6.36 Å². The summed E-state index contributed by atoms with van der Waals surface area (Å²) in [5.41, 5.74) is 0.908. The molecule has 0 fully saturated rings. The smallest absolute Gasteiger partial charge is 0.496 e. The first-order valence-electron chi connectivity index (χ1n) is 5.59. The van der Waals surface area contributed by atoms with Crippen LogP contribution < -0.4 is 9.47 Å². The van der Waals surface area contributed by atoms with Crippen molar-refractivity contribution in [2.24, 2.45) is 0 Å². The van der Waals surface area contributed by atoms with Crippen molar-refractivity contribution in [3.05, 3.63) is 48.3 Å². The van der Waals surface area contributed by atoms with Crippen LogP contribution in [0.15, 0.2) is 42.5 Å². The van der Waals surface area contributed by atoms with Crippen molar-refractivity contribution in [3.8, 4) is 22.6 Å². The highest BCUT2D eigenvalue weighted by Gasteiger charge is 2.31. The maximum absolute atomic E-state index is 13.1. The van der Waals surface area contributed by atoms with Gasteiger partial charge in [-0.1, -0.05) is 12.1 Å². The molecule has 2 nitrogen and oxygen atoms in total. The van der Waals surface area contributed by atoms with Gasteiger partial charge in [0, 0.05) is 11.6 Å². The maximum Gasteiger partial charge on any atom is 0.573 e. The third-order valence-electron chi connectivity index (χ3n) is 2.54. The second-order valence-electron chi connectivity index (χ2n) is 3.92. The SMILES string of the molecule is COc1cc(F)ccc1-c1cccc(OC(F)(F)F)c1. The first kappa shape index (κ1) is 14.2. The molecule has 0 N–H and O–H groups in total. The number of methoxy groups -OCH3 is 1. The van der Waals surface area contributed by atoms with E-state index in [4.69, 9.17) is 4.74 Å². The van der Waals surface area contributed by atoms with Crippen LogP contribution >= 0.6 is 0 Å². The first-order valence-corrected chi connectivity index (χ1v) is 5.59. The molecule has 0 spiro atoms. The summed E-state index contributed by atoms with van der Waals surface area (Å²) in [4.78, 5) is 0. The summed E-state index contributed by atoms with van der Waals surface area (Å²) in [5, 5.41) is 0. The number of ether oxygens (including phenoxy) is 2. The molecule has 0 amide bonds. The molecule has 0 heterocycles. The lowest BCUT2D eigenvalue weighted by Crippen LogP contribution is -2.17.